The Balaban J connectivity index is 2.30. The van der Waals surface area contributed by atoms with Gasteiger partial charge in [0.25, 0.3) is 0 Å². The van der Waals surface area contributed by atoms with Gasteiger partial charge in [0.1, 0.15) is 0 Å². The predicted molar refractivity (Wildman–Crippen MR) is 78.1 cm³/mol. The number of nitrogens with zero attached hydrogens (tertiary/aromatic N) is 1. The Kier molecular flexibility index (Phi) is 5.99. The molecule has 1 aliphatic heterocycles. The summed E-state index contributed by atoms with van der Waals surface area (Å²) < 4.78 is 0. The van der Waals surface area contributed by atoms with Crippen LogP contribution in [0.4, 0.5) is 0 Å². The van der Waals surface area contributed by atoms with Gasteiger partial charge in [0.2, 0.25) is 11.8 Å². The topological polar surface area (TPSA) is 69.6 Å². The third-order valence-electron chi connectivity index (χ3n) is 3.95. The van der Waals surface area contributed by atoms with Crippen LogP contribution in [0.2, 0.25) is 0 Å². The van der Waals surface area contributed by atoms with E-state index in [9.17, 15) is 14.7 Å². The summed E-state index contributed by atoms with van der Waals surface area (Å²) in [6.07, 6.45) is 1.38. The molecule has 1 unspecified atom stereocenters. The Morgan fingerprint density at radius 2 is 2.10 bits per heavy atom. The van der Waals surface area contributed by atoms with E-state index in [0.29, 0.717) is 25.9 Å². The van der Waals surface area contributed by atoms with Crippen LogP contribution in [-0.4, -0.2) is 47.6 Å². The van der Waals surface area contributed by atoms with Gasteiger partial charge < -0.3 is 15.3 Å². The summed E-state index contributed by atoms with van der Waals surface area (Å²) in [5.74, 6) is 0.242. The lowest BCUT2D eigenvalue weighted by Crippen LogP contribution is -2.44. The van der Waals surface area contributed by atoms with Crippen molar-refractivity contribution in [1.29, 1.82) is 0 Å². The average molecular weight is 284 g/mol. The predicted octanol–water partition coefficient (Wildman–Crippen LogP) is 1.16. The number of likely N-dealkylation sites (tertiary alicyclic amines) is 1. The molecule has 2 amide bonds. The molecule has 5 nitrogen and oxygen atoms in total. The normalized spacial score (nSPS) is 17.7. The Morgan fingerprint density at radius 1 is 1.45 bits per heavy atom. The van der Waals surface area contributed by atoms with Gasteiger partial charge in [0, 0.05) is 37.9 Å². The van der Waals surface area contributed by atoms with Gasteiger partial charge in [0.05, 0.1) is 6.10 Å². The fraction of sp³-hybridized carbons (Fsp3) is 0.867. The zero-order chi connectivity index (χ0) is 15.3. The molecule has 0 aliphatic carbocycles. The highest BCUT2D eigenvalue weighted by Crippen LogP contribution is 2.25. The SMILES string of the molecule is CC(C)C(O)C(C)(C)CNC(=O)CCN1CCCC1=O. The lowest BCUT2D eigenvalue weighted by molar-refractivity contribution is -0.128. The van der Waals surface area contributed by atoms with Gasteiger partial charge in [-0.05, 0) is 12.3 Å². The molecule has 0 bridgehead atoms. The summed E-state index contributed by atoms with van der Waals surface area (Å²) >= 11 is 0. The van der Waals surface area contributed by atoms with E-state index in [-0.39, 0.29) is 23.1 Å². The van der Waals surface area contributed by atoms with Crippen molar-refractivity contribution in [3.63, 3.8) is 0 Å². The van der Waals surface area contributed by atoms with Crippen molar-refractivity contribution >= 4 is 11.8 Å². The number of aliphatic hydroxyl groups excluding tert-OH is 1. The van der Waals surface area contributed by atoms with Crippen LogP contribution in [0.15, 0.2) is 0 Å². The van der Waals surface area contributed by atoms with Gasteiger partial charge >= 0.3 is 0 Å². The van der Waals surface area contributed by atoms with Gasteiger partial charge in [-0.25, -0.2) is 0 Å². The molecule has 1 saturated heterocycles. The molecule has 5 heteroatoms. The third kappa shape index (κ3) is 4.78. The van der Waals surface area contributed by atoms with Crippen molar-refractivity contribution in [2.45, 2.75) is 53.1 Å². The van der Waals surface area contributed by atoms with Crippen LogP contribution in [-0.2, 0) is 9.59 Å². The number of rotatable bonds is 7. The van der Waals surface area contributed by atoms with Crippen molar-refractivity contribution in [3.8, 4) is 0 Å². The third-order valence-corrected chi connectivity index (χ3v) is 3.95. The largest absolute Gasteiger partial charge is 0.392 e. The zero-order valence-electron chi connectivity index (χ0n) is 13.1. The quantitative estimate of drug-likeness (QED) is 0.737. The molecule has 0 aromatic rings. The number of nitrogens with one attached hydrogen (secondary N) is 1. The van der Waals surface area contributed by atoms with Crippen LogP contribution in [0.1, 0.15) is 47.0 Å². The smallest absolute Gasteiger partial charge is 0.222 e. The van der Waals surface area contributed by atoms with E-state index in [2.05, 4.69) is 5.32 Å². The molecule has 1 atom stereocenters. The van der Waals surface area contributed by atoms with Crippen LogP contribution in [0.5, 0.6) is 0 Å². The number of hydrogen-bond donors (Lipinski definition) is 2. The van der Waals surface area contributed by atoms with E-state index in [4.69, 9.17) is 0 Å². The fourth-order valence-corrected chi connectivity index (χ4v) is 2.60. The molecule has 0 radical (unpaired) electrons. The lowest BCUT2D eigenvalue weighted by atomic mass is 9.80. The summed E-state index contributed by atoms with van der Waals surface area (Å²) in [6.45, 7) is 9.53. The summed E-state index contributed by atoms with van der Waals surface area (Å²) in [4.78, 5) is 25.0. The van der Waals surface area contributed by atoms with Gasteiger partial charge in [-0.1, -0.05) is 27.7 Å². The molecule has 1 heterocycles. The second-order valence-corrected chi connectivity index (χ2v) is 6.69. The molecule has 1 aliphatic rings. The highest BCUT2D eigenvalue weighted by Gasteiger charge is 2.30. The standard InChI is InChI=1S/C15H28N2O3/c1-11(2)14(20)15(3,4)10-16-12(18)7-9-17-8-5-6-13(17)19/h11,14,20H,5-10H2,1-4H3,(H,16,18). The van der Waals surface area contributed by atoms with Crippen LogP contribution >= 0.6 is 0 Å². The van der Waals surface area contributed by atoms with Gasteiger partial charge in [0.15, 0.2) is 0 Å². The minimum atomic E-state index is -0.456. The zero-order valence-corrected chi connectivity index (χ0v) is 13.1. The Morgan fingerprint density at radius 3 is 2.60 bits per heavy atom. The summed E-state index contributed by atoms with van der Waals surface area (Å²) in [7, 11) is 0. The molecule has 2 N–H and O–H groups in total. The van der Waals surface area contributed by atoms with E-state index in [1.807, 2.05) is 27.7 Å². The molecule has 1 rings (SSSR count). The van der Waals surface area contributed by atoms with Crippen LogP contribution in [0.25, 0.3) is 0 Å². The second kappa shape index (κ2) is 7.07. The molecular weight excluding hydrogens is 256 g/mol. The number of hydrogen-bond acceptors (Lipinski definition) is 3. The van der Waals surface area contributed by atoms with Gasteiger partial charge in [-0.2, -0.15) is 0 Å². The number of carbonyl (C=O) groups is 2. The lowest BCUT2D eigenvalue weighted by Gasteiger charge is -2.33. The van der Waals surface area contributed by atoms with Crippen molar-refractivity contribution < 1.29 is 14.7 Å². The number of amides is 2. The maximum Gasteiger partial charge on any atom is 0.222 e. The first kappa shape index (κ1) is 17.0. The molecular formula is C15H28N2O3. The molecule has 0 aromatic heterocycles. The highest BCUT2D eigenvalue weighted by atomic mass is 16.3. The first-order valence-corrected chi connectivity index (χ1v) is 7.46. The van der Waals surface area contributed by atoms with Crippen LogP contribution in [0, 0.1) is 11.3 Å². The Labute approximate surface area is 121 Å². The maximum absolute atomic E-state index is 11.8. The molecule has 1 fully saturated rings. The van der Waals surface area contributed by atoms with E-state index in [1.54, 1.807) is 4.90 Å². The molecule has 0 aromatic carbocycles. The minimum Gasteiger partial charge on any atom is -0.392 e. The molecule has 0 spiro atoms. The number of carbonyl (C=O) groups excluding carboxylic acids is 2. The van der Waals surface area contributed by atoms with Crippen molar-refractivity contribution in [3.05, 3.63) is 0 Å². The average Bonchev–Trinajstić information content (AvgIpc) is 2.78. The molecule has 116 valence electrons. The van der Waals surface area contributed by atoms with E-state index < -0.39 is 6.10 Å². The second-order valence-electron chi connectivity index (χ2n) is 6.69. The molecule has 0 saturated carbocycles. The van der Waals surface area contributed by atoms with Gasteiger partial charge in [-0.15, -0.1) is 0 Å². The monoisotopic (exact) mass is 284 g/mol. The minimum absolute atomic E-state index is 0.0614. The Bertz CT molecular complexity index is 353. The molecule has 20 heavy (non-hydrogen) atoms. The highest BCUT2D eigenvalue weighted by molar-refractivity contribution is 5.80. The summed E-state index contributed by atoms with van der Waals surface area (Å²) in [6, 6.07) is 0. The Hall–Kier alpha value is -1.10. The van der Waals surface area contributed by atoms with Crippen molar-refractivity contribution in [2.75, 3.05) is 19.6 Å². The summed E-state index contributed by atoms with van der Waals surface area (Å²) in [5, 5.41) is 13.0. The first-order valence-electron chi connectivity index (χ1n) is 7.46. The summed E-state index contributed by atoms with van der Waals surface area (Å²) in [5.41, 5.74) is -0.354. The van der Waals surface area contributed by atoms with E-state index in [1.165, 1.54) is 0 Å². The van der Waals surface area contributed by atoms with Crippen molar-refractivity contribution in [2.24, 2.45) is 11.3 Å². The number of aliphatic hydroxyl groups is 1. The van der Waals surface area contributed by atoms with E-state index in [0.717, 1.165) is 13.0 Å². The van der Waals surface area contributed by atoms with Crippen LogP contribution in [0.3, 0.4) is 0 Å². The van der Waals surface area contributed by atoms with E-state index >= 15 is 0 Å². The van der Waals surface area contributed by atoms with Crippen LogP contribution < -0.4 is 5.32 Å². The van der Waals surface area contributed by atoms with Crippen molar-refractivity contribution in [1.82, 2.24) is 10.2 Å². The fourth-order valence-electron chi connectivity index (χ4n) is 2.60. The maximum atomic E-state index is 11.8. The van der Waals surface area contributed by atoms with Gasteiger partial charge in [-0.3, -0.25) is 9.59 Å². The first-order chi connectivity index (χ1) is 9.24.